The molecule has 0 spiro atoms. The van der Waals surface area contributed by atoms with E-state index < -0.39 is 0 Å². The largest absolute Gasteiger partial charge is 0.483 e. The van der Waals surface area contributed by atoms with Gasteiger partial charge in [-0.2, -0.15) is 0 Å². The van der Waals surface area contributed by atoms with Crippen molar-refractivity contribution < 1.29 is 24.2 Å². The predicted octanol–water partition coefficient (Wildman–Crippen LogP) is 4.30. The van der Waals surface area contributed by atoms with E-state index in [0.29, 0.717) is 17.8 Å². The zero-order valence-electron chi connectivity index (χ0n) is 18.7. The van der Waals surface area contributed by atoms with Gasteiger partial charge < -0.3 is 20.5 Å². The van der Waals surface area contributed by atoms with Gasteiger partial charge in [-0.3, -0.25) is 9.20 Å². The van der Waals surface area contributed by atoms with Gasteiger partial charge in [-0.15, -0.1) is 0 Å². The highest BCUT2D eigenvalue weighted by molar-refractivity contribution is 5.90. The van der Waals surface area contributed by atoms with E-state index in [4.69, 9.17) is 14.6 Å². The molecule has 174 valence electrons. The lowest BCUT2D eigenvalue weighted by Gasteiger charge is -2.09. The molecule has 3 N–H and O–H groups in total. The van der Waals surface area contributed by atoms with Crippen molar-refractivity contribution in [3.05, 3.63) is 78.6 Å². The minimum Gasteiger partial charge on any atom is -0.483 e. The Morgan fingerprint density at radius 1 is 1.06 bits per heavy atom. The molecule has 0 saturated carbocycles. The third-order valence-electron chi connectivity index (χ3n) is 4.91. The smallest absolute Gasteiger partial charge is 0.337 e. The number of carboxylic acid groups (broad SMARTS) is 1. The van der Waals surface area contributed by atoms with Crippen molar-refractivity contribution in [2.24, 2.45) is 0 Å². The number of pyridine rings is 1. The molecule has 4 rings (SSSR count). The fourth-order valence-electron chi connectivity index (χ4n) is 3.38. The standard InChI is InChI=1S/C24H22N4O3.CH2O2/c1-3-25-24(30)27-20-6-4-5-19(13-20)21-15-26-22-14-18(11-12-28(21)22)16-7-9-17(10-8-16)23(29)31-2;2-1-3/h4-15H,3H2,1-2H3,(H2,25,27,30);1H,(H,2,3). The summed E-state index contributed by atoms with van der Waals surface area (Å²) in [5.41, 5.74) is 5.85. The first-order chi connectivity index (χ1) is 16.5. The quantitative estimate of drug-likeness (QED) is 0.302. The summed E-state index contributed by atoms with van der Waals surface area (Å²) in [5, 5.41) is 12.4. The average molecular weight is 460 g/mol. The Morgan fingerprint density at radius 3 is 2.47 bits per heavy atom. The highest BCUT2D eigenvalue weighted by Crippen LogP contribution is 2.27. The summed E-state index contributed by atoms with van der Waals surface area (Å²) in [5.74, 6) is -0.358. The van der Waals surface area contributed by atoms with Crippen LogP contribution >= 0.6 is 0 Å². The van der Waals surface area contributed by atoms with Crippen LogP contribution in [0.5, 0.6) is 0 Å². The second-order valence-corrected chi connectivity index (χ2v) is 7.03. The highest BCUT2D eigenvalue weighted by Gasteiger charge is 2.10. The number of hydrogen-bond acceptors (Lipinski definition) is 5. The first kappa shape index (κ1) is 24.0. The summed E-state index contributed by atoms with van der Waals surface area (Å²) >= 11 is 0. The average Bonchev–Trinajstić information content (AvgIpc) is 3.28. The number of methoxy groups -OCH3 is 1. The van der Waals surface area contributed by atoms with Gasteiger partial charge in [-0.1, -0.05) is 24.3 Å². The normalized spacial score (nSPS) is 10.1. The van der Waals surface area contributed by atoms with E-state index in [1.807, 2.05) is 72.2 Å². The number of hydrogen-bond donors (Lipinski definition) is 3. The molecule has 0 saturated heterocycles. The molecule has 9 heteroatoms. The highest BCUT2D eigenvalue weighted by atomic mass is 16.5. The zero-order chi connectivity index (χ0) is 24.5. The summed E-state index contributed by atoms with van der Waals surface area (Å²) in [4.78, 5) is 36.3. The fourth-order valence-corrected chi connectivity index (χ4v) is 3.38. The minimum atomic E-state index is -0.358. The predicted molar refractivity (Wildman–Crippen MR) is 129 cm³/mol. The lowest BCUT2D eigenvalue weighted by atomic mass is 10.0. The van der Waals surface area contributed by atoms with Crippen molar-refractivity contribution in [3.63, 3.8) is 0 Å². The Bertz CT molecular complexity index is 1300. The first-order valence-electron chi connectivity index (χ1n) is 10.4. The number of ether oxygens (including phenoxy) is 1. The van der Waals surface area contributed by atoms with Crippen LogP contribution in [0.15, 0.2) is 73.1 Å². The number of anilines is 1. The number of carbonyl (C=O) groups excluding carboxylic acids is 2. The number of fused-ring (bicyclic) bond motifs is 1. The SMILES string of the molecule is CCNC(=O)Nc1cccc(-c2cnc3cc(-c4ccc(C(=O)OC)cc4)ccn23)c1.O=CO. The number of rotatable bonds is 5. The van der Waals surface area contributed by atoms with Crippen LogP contribution in [0.4, 0.5) is 10.5 Å². The molecule has 0 aliphatic heterocycles. The number of esters is 1. The number of benzene rings is 2. The van der Waals surface area contributed by atoms with Gasteiger partial charge in [0, 0.05) is 24.0 Å². The molecule has 34 heavy (non-hydrogen) atoms. The maximum atomic E-state index is 11.8. The van der Waals surface area contributed by atoms with Gasteiger partial charge in [-0.05, 0) is 54.4 Å². The summed E-state index contributed by atoms with van der Waals surface area (Å²) in [6.45, 7) is 2.18. The molecule has 0 radical (unpaired) electrons. The van der Waals surface area contributed by atoms with Crippen LogP contribution in [-0.2, 0) is 9.53 Å². The van der Waals surface area contributed by atoms with Gasteiger partial charge in [-0.25, -0.2) is 14.6 Å². The molecule has 0 aliphatic rings. The number of urea groups is 1. The van der Waals surface area contributed by atoms with Crippen LogP contribution in [0.3, 0.4) is 0 Å². The summed E-state index contributed by atoms with van der Waals surface area (Å²) in [6.07, 6.45) is 3.77. The molecule has 2 aromatic carbocycles. The van der Waals surface area contributed by atoms with Crippen molar-refractivity contribution in [2.45, 2.75) is 6.92 Å². The van der Waals surface area contributed by atoms with Gasteiger partial charge in [0.1, 0.15) is 5.65 Å². The number of amides is 2. The van der Waals surface area contributed by atoms with E-state index in [1.165, 1.54) is 7.11 Å². The van der Waals surface area contributed by atoms with Crippen molar-refractivity contribution in [1.82, 2.24) is 14.7 Å². The van der Waals surface area contributed by atoms with E-state index in [2.05, 4.69) is 15.6 Å². The molecule has 2 heterocycles. The first-order valence-corrected chi connectivity index (χ1v) is 10.4. The Balaban J connectivity index is 0.00000103. The fraction of sp³-hybridized carbons (Fsp3) is 0.120. The molecule has 0 bridgehead atoms. The number of carbonyl (C=O) groups is 3. The second kappa shape index (κ2) is 11.3. The van der Waals surface area contributed by atoms with Gasteiger partial charge in [0.25, 0.3) is 6.47 Å². The van der Waals surface area contributed by atoms with Gasteiger partial charge in [0.15, 0.2) is 0 Å². The molecule has 0 aliphatic carbocycles. The van der Waals surface area contributed by atoms with Crippen molar-refractivity contribution in [1.29, 1.82) is 0 Å². The summed E-state index contributed by atoms with van der Waals surface area (Å²) in [7, 11) is 1.37. The zero-order valence-corrected chi connectivity index (χ0v) is 18.7. The van der Waals surface area contributed by atoms with Crippen LogP contribution < -0.4 is 10.6 Å². The molecule has 0 fully saturated rings. The molecular weight excluding hydrogens is 436 g/mol. The molecule has 2 amide bonds. The lowest BCUT2D eigenvalue weighted by Crippen LogP contribution is -2.28. The minimum absolute atomic E-state index is 0.236. The molecule has 0 unspecified atom stereocenters. The number of imidazole rings is 1. The lowest BCUT2D eigenvalue weighted by molar-refractivity contribution is -0.122. The molecule has 2 aromatic heterocycles. The topological polar surface area (TPSA) is 122 Å². The Hall–Kier alpha value is -4.66. The number of aromatic nitrogens is 2. The molecular formula is C25H24N4O5. The van der Waals surface area contributed by atoms with Gasteiger partial charge in [0.2, 0.25) is 0 Å². The monoisotopic (exact) mass is 460 g/mol. The maximum Gasteiger partial charge on any atom is 0.337 e. The second-order valence-electron chi connectivity index (χ2n) is 7.03. The number of nitrogens with zero attached hydrogens (tertiary/aromatic N) is 2. The molecule has 9 nitrogen and oxygen atoms in total. The van der Waals surface area contributed by atoms with Gasteiger partial charge >= 0.3 is 12.0 Å². The van der Waals surface area contributed by atoms with E-state index in [1.54, 1.807) is 12.1 Å². The molecule has 4 aromatic rings. The van der Waals surface area contributed by atoms with Crippen LogP contribution in [0, 0.1) is 0 Å². The van der Waals surface area contributed by atoms with E-state index in [-0.39, 0.29) is 18.5 Å². The Kier molecular flexibility index (Phi) is 7.96. The third-order valence-corrected chi connectivity index (χ3v) is 4.91. The van der Waals surface area contributed by atoms with Crippen molar-refractivity contribution in [2.75, 3.05) is 19.0 Å². The van der Waals surface area contributed by atoms with E-state index >= 15 is 0 Å². The Morgan fingerprint density at radius 2 is 1.79 bits per heavy atom. The van der Waals surface area contributed by atoms with Crippen LogP contribution in [-0.4, -0.2) is 46.6 Å². The van der Waals surface area contributed by atoms with Crippen molar-refractivity contribution in [3.8, 4) is 22.4 Å². The summed E-state index contributed by atoms with van der Waals surface area (Å²) in [6, 6.07) is 18.7. The maximum absolute atomic E-state index is 11.8. The number of nitrogens with one attached hydrogen (secondary N) is 2. The van der Waals surface area contributed by atoms with Crippen LogP contribution in [0.25, 0.3) is 28.0 Å². The third kappa shape index (κ3) is 5.57. The Labute approximate surface area is 196 Å². The molecule has 0 atom stereocenters. The van der Waals surface area contributed by atoms with E-state index in [0.717, 1.165) is 28.0 Å². The summed E-state index contributed by atoms with van der Waals surface area (Å²) < 4.78 is 6.74. The van der Waals surface area contributed by atoms with E-state index in [9.17, 15) is 9.59 Å². The van der Waals surface area contributed by atoms with Gasteiger partial charge in [0.05, 0.1) is 24.6 Å². The van der Waals surface area contributed by atoms with Crippen molar-refractivity contribution >= 4 is 29.8 Å². The van der Waals surface area contributed by atoms with Crippen LogP contribution in [0.1, 0.15) is 17.3 Å². The van der Waals surface area contributed by atoms with Crippen LogP contribution in [0.2, 0.25) is 0 Å².